The fourth-order valence-electron chi connectivity index (χ4n) is 6.30. The average Bonchev–Trinajstić information content (AvgIpc) is 3.06. The molecule has 0 aromatic heterocycles. The zero-order valence-corrected chi connectivity index (χ0v) is 29.6. The Kier molecular flexibility index (Phi) is 13.4. The third-order valence-electron chi connectivity index (χ3n) is 9.21. The second-order valence-electron chi connectivity index (χ2n) is 13.1. The molecule has 47 heavy (non-hydrogen) atoms. The summed E-state index contributed by atoms with van der Waals surface area (Å²) in [4.78, 5) is 31.1. The Morgan fingerprint density at radius 2 is 1.74 bits per heavy atom. The van der Waals surface area contributed by atoms with Crippen molar-refractivity contribution in [3.63, 3.8) is 0 Å². The molecule has 10 nitrogen and oxygen atoms in total. The van der Waals surface area contributed by atoms with Crippen LogP contribution in [0.15, 0.2) is 47.4 Å². The van der Waals surface area contributed by atoms with Crippen molar-refractivity contribution in [3.8, 4) is 5.75 Å². The van der Waals surface area contributed by atoms with E-state index in [9.17, 15) is 23.1 Å². The lowest BCUT2D eigenvalue weighted by molar-refractivity contribution is -0.137. The number of carbonyl (C=O) groups excluding carboxylic acids is 2. The lowest BCUT2D eigenvalue weighted by atomic mass is 9.88. The number of sulfonamides is 1. The third-order valence-corrected chi connectivity index (χ3v) is 10.9. The molecular formula is C35H50ClN3O7S. The van der Waals surface area contributed by atoms with Crippen LogP contribution in [0.3, 0.4) is 0 Å². The first-order valence-corrected chi connectivity index (χ1v) is 18.6. The summed E-state index contributed by atoms with van der Waals surface area (Å²) in [7, 11) is -2.14. The number of anilines is 1. The molecule has 2 aromatic rings. The quantitative estimate of drug-likeness (QED) is 0.349. The van der Waals surface area contributed by atoms with Crippen LogP contribution in [0.2, 0.25) is 5.02 Å². The normalized spacial score (nSPS) is 22.8. The highest BCUT2D eigenvalue weighted by atomic mass is 35.5. The van der Waals surface area contributed by atoms with Gasteiger partial charge in [0.25, 0.3) is 15.9 Å². The second kappa shape index (κ2) is 17.0. The van der Waals surface area contributed by atoms with E-state index in [1.807, 2.05) is 20.9 Å². The molecule has 2 aliphatic rings. The maximum Gasteiger partial charge on any atom is 0.261 e. The number of aliphatic hydroxyl groups is 1. The molecule has 0 spiro atoms. The van der Waals surface area contributed by atoms with Crippen LogP contribution in [0.4, 0.5) is 5.69 Å². The first-order chi connectivity index (χ1) is 22.4. The van der Waals surface area contributed by atoms with Crippen LogP contribution in [0.1, 0.15) is 82.5 Å². The van der Waals surface area contributed by atoms with Crippen LogP contribution in [0.5, 0.6) is 5.75 Å². The molecule has 2 aromatic carbocycles. The zero-order valence-electron chi connectivity index (χ0n) is 28.0. The van der Waals surface area contributed by atoms with Crippen molar-refractivity contribution in [3.05, 3.63) is 53.1 Å². The van der Waals surface area contributed by atoms with Gasteiger partial charge < -0.3 is 24.4 Å². The summed E-state index contributed by atoms with van der Waals surface area (Å²) in [6.07, 6.45) is 6.97. The molecule has 0 unspecified atom stereocenters. The van der Waals surface area contributed by atoms with E-state index in [4.69, 9.17) is 21.1 Å². The number of amides is 2. The Labute approximate surface area is 284 Å². The number of fused-ring (bicyclic) bond motifs is 1. The fraction of sp³-hybridized carbons (Fsp3) is 0.600. The van der Waals surface area contributed by atoms with Gasteiger partial charge in [-0.3, -0.25) is 14.3 Å². The van der Waals surface area contributed by atoms with Gasteiger partial charge in [0.1, 0.15) is 5.75 Å². The molecule has 4 atom stereocenters. The molecule has 260 valence electrons. The Bertz CT molecular complexity index is 1450. The maximum absolute atomic E-state index is 14.4. The minimum atomic E-state index is -3.97. The third kappa shape index (κ3) is 10.1. The SMILES string of the molecule is C[C@@H]1CN([C@H](C)CO)C(=O)c2cc(NS(=O)(=O)c3ccc(Cl)cc3)ccc2O[C@@H](C)CCCCO[C@@H]1CN(C)C(=O)C1CCCCC1. The number of hydrogen-bond acceptors (Lipinski definition) is 7. The Hall–Kier alpha value is -2.86. The Morgan fingerprint density at radius 1 is 1.06 bits per heavy atom. The van der Waals surface area contributed by atoms with Gasteiger partial charge in [-0.25, -0.2) is 8.42 Å². The molecule has 1 aliphatic heterocycles. The van der Waals surface area contributed by atoms with Crippen molar-refractivity contribution < 1.29 is 32.6 Å². The number of carbonyl (C=O) groups is 2. The second-order valence-corrected chi connectivity index (χ2v) is 15.2. The van der Waals surface area contributed by atoms with E-state index in [0.717, 1.165) is 44.9 Å². The number of nitrogens with one attached hydrogen (secondary N) is 1. The van der Waals surface area contributed by atoms with Crippen LogP contribution in [0.25, 0.3) is 0 Å². The molecule has 1 fully saturated rings. The smallest absolute Gasteiger partial charge is 0.261 e. The lowest BCUT2D eigenvalue weighted by Gasteiger charge is -2.36. The first kappa shape index (κ1) is 37.0. The number of benzene rings is 2. The first-order valence-electron chi connectivity index (χ1n) is 16.8. The molecule has 1 aliphatic carbocycles. The number of likely N-dealkylation sites (N-methyl/N-ethyl adjacent to an activating group) is 1. The molecule has 2 N–H and O–H groups in total. The number of rotatable bonds is 8. The highest BCUT2D eigenvalue weighted by Crippen LogP contribution is 2.30. The largest absolute Gasteiger partial charge is 0.490 e. The Morgan fingerprint density at radius 3 is 2.43 bits per heavy atom. The summed E-state index contributed by atoms with van der Waals surface area (Å²) in [5.41, 5.74) is 0.373. The highest BCUT2D eigenvalue weighted by Gasteiger charge is 2.32. The topological polar surface area (TPSA) is 125 Å². The van der Waals surface area contributed by atoms with Crippen molar-refractivity contribution in [1.29, 1.82) is 0 Å². The molecule has 2 amide bonds. The number of halogens is 1. The van der Waals surface area contributed by atoms with Crippen molar-refractivity contribution >= 4 is 39.1 Å². The standard InChI is InChI=1S/C35H50ClN3O7S/c1-24-21-39(25(2)23-40)35(42)31-20-29(37-47(43,44)30-16-13-28(36)14-17-30)15-18-32(31)46-26(3)10-8-9-19-45-33(24)22-38(4)34(41)27-11-6-5-7-12-27/h13-18,20,24-27,33,37,40H,5-12,19,21-23H2,1-4H3/t24-,25-,26+,33-/m1/s1. The highest BCUT2D eigenvalue weighted by molar-refractivity contribution is 7.92. The average molecular weight is 692 g/mol. The van der Waals surface area contributed by atoms with Crippen molar-refractivity contribution in [2.75, 3.05) is 38.1 Å². The molecular weight excluding hydrogens is 642 g/mol. The maximum atomic E-state index is 14.4. The lowest BCUT2D eigenvalue weighted by Crippen LogP contribution is -2.48. The van der Waals surface area contributed by atoms with Crippen LogP contribution < -0.4 is 9.46 Å². The van der Waals surface area contributed by atoms with Gasteiger partial charge in [0.15, 0.2) is 0 Å². The van der Waals surface area contributed by atoms with Gasteiger partial charge in [0.2, 0.25) is 5.91 Å². The van der Waals surface area contributed by atoms with Crippen molar-refractivity contribution in [2.45, 2.75) is 95.3 Å². The number of hydrogen-bond donors (Lipinski definition) is 2. The molecule has 1 heterocycles. The van der Waals surface area contributed by atoms with Gasteiger partial charge in [-0.05, 0) is 88.4 Å². The predicted octanol–water partition coefficient (Wildman–Crippen LogP) is 5.98. The summed E-state index contributed by atoms with van der Waals surface area (Å²) in [6.45, 7) is 6.58. The molecule has 4 rings (SSSR count). The van der Waals surface area contributed by atoms with Crippen LogP contribution in [-0.2, 0) is 19.6 Å². The minimum Gasteiger partial charge on any atom is -0.490 e. The van der Waals surface area contributed by atoms with Gasteiger partial charge in [0.05, 0.1) is 35.3 Å². The van der Waals surface area contributed by atoms with Gasteiger partial charge in [-0.1, -0.05) is 37.8 Å². The Balaban J connectivity index is 1.64. The van der Waals surface area contributed by atoms with E-state index >= 15 is 0 Å². The predicted molar refractivity (Wildman–Crippen MR) is 183 cm³/mol. The minimum absolute atomic E-state index is 0.0283. The van der Waals surface area contributed by atoms with E-state index in [1.165, 1.54) is 36.8 Å². The van der Waals surface area contributed by atoms with Crippen molar-refractivity contribution in [2.24, 2.45) is 11.8 Å². The van der Waals surface area contributed by atoms with Crippen LogP contribution in [-0.4, -0.2) is 86.7 Å². The molecule has 12 heteroatoms. The van der Waals surface area contributed by atoms with Crippen LogP contribution in [0, 0.1) is 11.8 Å². The van der Waals surface area contributed by atoms with Gasteiger partial charge >= 0.3 is 0 Å². The summed E-state index contributed by atoms with van der Waals surface area (Å²) < 4.78 is 41.6. The summed E-state index contributed by atoms with van der Waals surface area (Å²) in [6, 6.07) is 9.91. The summed E-state index contributed by atoms with van der Waals surface area (Å²) in [5, 5.41) is 10.6. The number of ether oxygens (including phenoxy) is 2. The van der Waals surface area contributed by atoms with Gasteiger partial charge in [0, 0.05) is 49.3 Å². The summed E-state index contributed by atoms with van der Waals surface area (Å²) in [5.74, 6) is -0.0743. The van der Waals surface area contributed by atoms with E-state index in [2.05, 4.69) is 4.72 Å². The van der Waals surface area contributed by atoms with Gasteiger partial charge in [-0.15, -0.1) is 0 Å². The van der Waals surface area contributed by atoms with Crippen molar-refractivity contribution in [1.82, 2.24) is 9.80 Å². The zero-order chi connectivity index (χ0) is 34.1. The van der Waals surface area contributed by atoms with Crippen LogP contribution >= 0.6 is 11.6 Å². The fourth-order valence-corrected chi connectivity index (χ4v) is 7.47. The van der Waals surface area contributed by atoms with Gasteiger partial charge in [-0.2, -0.15) is 0 Å². The molecule has 1 saturated carbocycles. The molecule has 0 radical (unpaired) electrons. The summed E-state index contributed by atoms with van der Waals surface area (Å²) >= 11 is 5.95. The van der Waals surface area contributed by atoms with E-state index in [-0.39, 0.29) is 59.2 Å². The van der Waals surface area contributed by atoms with E-state index in [1.54, 1.807) is 28.9 Å². The molecule has 0 bridgehead atoms. The number of nitrogens with zero attached hydrogens (tertiary/aromatic N) is 2. The van der Waals surface area contributed by atoms with E-state index in [0.29, 0.717) is 23.9 Å². The van der Waals surface area contributed by atoms with E-state index < -0.39 is 22.0 Å². The number of aliphatic hydroxyl groups excluding tert-OH is 1. The monoisotopic (exact) mass is 691 g/mol. The molecule has 0 saturated heterocycles.